The van der Waals surface area contributed by atoms with Crippen molar-refractivity contribution in [1.82, 2.24) is 0 Å². The lowest BCUT2D eigenvalue weighted by molar-refractivity contribution is -0.158. The van der Waals surface area contributed by atoms with E-state index >= 15 is 0 Å². The van der Waals surface area contributed by atoms with Gasteiger partial charge in [-0.15, -0.1) is 0 Å². The van der Waals surface area contributed by atoms with E-state index in [4.69, 9.17) is 18.5 Å². The van der Waals surface area contributed by atoms with Crippen LogP contribution in [0.2, 0.25) is 0 Å². The number of hydrogen-bond donors (Lipinski definition) is 1. The molecule has 1 N–H and O–H groups in total. The van der Waals surface area contributed by atoms with Crippen LogP contribution in [-0.4, -0.2) is 48.0 Å². The highest BCUT2D eigenvalue weighted by Crippen LogP contribution is 2.67. The first-order chi connectivity index (χ1) is 17.8. The zero-order valence-electron chi connectivity index (χ0n) is 23.1. The zero-order valence-corrected chi connectivity index (χ0v) is 24.0. The van der Waals surface area contributed by atoms with Gasteiger partial charge in [0.25, 0.3) is 0 Å². The highest BCUT2D eigenvalue weighted by atomic mass is 31.2. The van der Waals surface area contributed by atoms with Crippen molar-refractivity contribution in [3.63, 3.8) is 0 Å². The Bertz CT molecular complexity index is 1080. The first-order valence-electron chi connectivity index (χ1n) is 13.7. The molecule has 9 nitrogen and oxygen atoms in total. The lowest BCUT2D eigenvalue weighted by Gasteiger charge is -2.57. The number of fused-ring (bicyclic) bond motifs is 5. The number of ketones is 1. The summed E-state index contributed by atoms with van der Waals surface area (Å²) in [4.78, 5) is 45.3. The van der Waals surface area contributed by atoms with E-state index in [0.29, 0.717) is 30.6 Å². The predicted molar refractivity (Wildman–Crippen MR) is 139 cm³/mol. The van der Waals surface area contributed by atoms with E-state index in [1.807, 2.05) is 19.1 Å². The Balaban J connectivity index is 1.47. The monoisotopic (exact) mass is 552 g/mol. The summed E-state index contributed by atoms with van der Waals surface area (Å²) in [5.41, 5.74) is 2.23. The molecule has 4 rings (SSSR count). The number of rotatable bonds is 8. The predicted octanol–water partition coefficient (Wildman–Crippen LogP) is 5.07. The Labute approximate surface area is 224 Å². The van der Waals surface area contributed by atoms with Crippen molar-refractivity contribution in [1.29, 1.82) is 0 Å². The Hall–Kier alpha value is -1.80. The van der Waals surface area contributed by atoms with Crippen LogP contribution in [-0.2, 0) is 37.5 Å². The second-order valence-electron chi connectivity index (χ2n) is 11.8. The van der Waals surface area contributed by atoms with E-state index in [2.05, 4.69) is 13.8 Å². The summed E-state index contributed by atoms with van der Waals surface area (Å²) in [6.45, 7) is 8.20. The van der Waals surface area contributed by atoms with Gasteiger partial charge in [0.15, 0.2) is 11.9 Å². The molecular formula is C28H41O9P. The fourth-order valence-electron chi connectivity index (χ4n) is 7.94. The number of phosphoric ester groups is 1. The van der Waals surface area contributed by atoms with Crippen LogP contribution in [0.1, 0.15) is 79.6 Å². The largest absolute Gasteiger partial charge is 0.472 e. The molecule has 4 aliphatic carbocycles. The van der Waals surface area contributed by atoms with E-state index < -0.39 is 38.6 Å². The van der Waals surface area contributed by atoms with Crippen molar-refractivity contribution >= 4 is 25.5 Å². The molecule has 0 bridgehead atoms. The molecule has 0 saturated heterocycles. The number of ether oxygens (including phenoxy) is 2. The lowest BCUT2D eigenvalue weighted by atomic mass is 9.47. The number of carbonyl (C=O) groups excluding carboxylic acids is 3. The van der Waals surface area contributed by atoms with Gasteiger partial charge < -0.3 is 14.4 Å². The lowest BCUT2D eigenvalue weighted by Crippen LogP contribution is -2.49. The van der Waals surface area contributed by atoms with E-state index in [0.717, 1.165) is 37.7 Å². The van der Waals surface area contributed by atoms with Crippen LogP contribution >= 0.6 is 7.82 Å². The molecule has 0 aromatic carbocycles. The molecule has 10 heteroatoms. The minimum Gasteiger partial charge on any atom is -0.462 e. The molecule has 0 aromatic rings. The second kappa shape index (κ2) is 11.0. The molecule has 0 amide bonds. The smallest absolute Gasteiger partial charge is 0.462 e. The number of esters is 2. The molecule has 0 radical (unpaired) electrons. The van der Waals surface area contributed by atoms with Crippen molar-refractivity contribution in [3.05, 3.63) is 23.3 Å². The number of carbonyl (C=O) groups is 3. The first kappa shape index (κ1) is 29.2. The molecule has 0 aromatic heterocycles. The van der Waals surface area contributed by atoms with Crippen molar-refractivity contribution in [2.45, 2.75) is 91.8 Å². The summed E-state index contributed by atoms with van der Waals surface area (Å²) in [6.07, 6.45) is 8.40. The third kappa shape index (κ3) is 5.72. The van der Waals surface area contributed by atoms with Gasteiger partial charge in [-0.1, -0.05) is 25.5 Å². The van der Waals surface area contributed by atoms with Gasteiger partial charge in [-0.3, -0.25) is 23.4 Å². The van der Waals surface area contributed by atoms with Gasteiger partial charge in [0, 0.05) is 20.3 Å². The van der Waals surface area contributed by atoms with Gasteiger partial charge in [-0.05, 0) is 85.7 Å². The van der Waals surface area contributed by atoms with Crippen molar-refractivity contribution in [2.75, 3.05) is 13.2 Å². The average molecular weight is 553 g/mol. The molecule has 38 heavy (non-hydrogen) atoms. The molecule has 3 saturated carbocycles. The third-order valence-corrected chi connectivity index (χ3v) is 10.6. The maximum Gasteiger partial charge on any atom is 0.472 e. The molecule has 0 aliphatic heterocycles. The summed E-state index contributed by atoms with van der Waals surface area (Å²) >= 11 is 0. The fraction of sp³-hybridized carbons (Fsp3) is 0.750. The van der Waals surface area contributed by atoms with Crippen LogP contribution in [0, 0.1) is 28.6 Å². The normalized spacial score (nSPS) is 37.8. The van der Waals surface area contributed by atoms with E-state index in [1.165, 1.54) is 19.4 Å². The fourth-order valence-corrected chi connectivity index (χ4v) is 8.88. The third-order valence-electron chi connectivity index (χ3n) is 9.63. The highest BCUT2D eigenvalue weighted by molar-refractivity contribution is 7.47. The van der Waals surface area contributed by atoms with E-state index in [-0.39, 0.29) is 23.2 Å². The van der Waals surface area contributed by atoms with Gasteiger partial charge in [0.2, 0.25) is 0 Å². The maximum absolute atomic E-state index is 13.0. The van der Waals surface area contributed by atoms with Crippen LogP contribution in [0.4, 0.5) is 0 Å². The van der Waals surface area contributed by atoms with Crippen molar-refractivity contribution in [2.24, 2.45) is 28.6 Å². The van der Waals surface area contributed by atoms with Crippen LogP contribution in [0.3, 0.4) is 0 Å². The second-order valence-corrected chi connectivity index (χ2v) is 13.2. The Morgan fingerprint density at radius 2 is 1.84 bits per heavy atom. The number of hydrogen-bond acceptors (Lipinski definition) is 8. The Morgan fingerprint density at radius 1 is 1.11 bits per heavy atom. The molecule has 0 heterocycles. The molecule has 3 fully saturated rings. The summed E-state index contributed by atoms with van der Waals surface area (Å²) in [6, 6.07) is 0. The molecule has 8 atom stereocenters. The van der Waals surface area contributed by atoms with Gasteiger partial charge in [-0.2, -0.15) is 0 Å². The Kier molecular flexibility index (Phi) is 8.44. The van der Waals surface area contributed by atoms with Crippen molar-refractivity contribution < 1.29 is 42.4 Å². The summed E-state index contributed by atoms with van der Waals surface area (Å²) in [7, 11) is -4.52. The van der Waals surface area contributed by atoms with Gasteiger partial charge in [0.05, 0.1) is 12.7 Å². The quantitative estimate of drug-likeness (QED) is 0.249. The highest BCUT2D eigenvalue weighted by Gasteiger charge is 2.60. The van der Waals surface area contributed by atoms with E-state index in [9.17, 15) is 23.8 Å². The molecule has 4 aliphatic rings. The molecular weight excluding hydrogens is 511 g/mol. The SMILES string of the molecule is CC=C1C(OP(=O)(O)OCC(COC(C)=O)OC(C)=O)CC2C3CCC4=CC(=O)CC[C@]4(C)C3CC[C@]12C. The first-order valence-corrected chi connectivity index (χ1v) is 15.2. The maximum atomic E-state index is 13.0. The summed E-state index contributed by atoms with van der Waals surface area (Å²) in [5, 5.41) is 0. The standard InChI is InChI=1S/C28H41O9P/c1-6-23-26(37-38(32,33)35-16-21(36-18(3)30)15-34-17(2)29)14-25-22-8-7-19-13-20(31)9-11-27(19,4)24(22)10-12-28(23,25)5/h6,13,21-22,24-26H,7-12,14-16H2,1-5H3,(H,32,33)/t21?,22?,24?,25?,26?,27-,28+/m0/s1. The molecule has 6 unspecified atom stereocenters. The van der Waals surface area contributed by atoms with Crippen LogP contribution in [0.15, 0.2) is 23.3 Å². The summed E-state index contributed by atoms with van der Waals surface area (Å²) < 4.78 is 34.0. The minimum absolute atomic E-state index is 0.0379. The topological polar surface area (TPSA) is 125 Å². The van der Waals surface area contributed by atoms with Crippen LogP contribution in [0.25, 0.3) is 0 Å². The molecule has 0 spiro atoms. The van der Waals surface area contributed by atoms with Crippen LogP contribution in [0.5, 0.6) is 0 Å². The zero-order chi connectivity index (χ0) is 27.9. The van der Waals surface area contributed by atoms with Gasteiger partial charge >= 0.3 is 19.8 Å². The minimum atomic E-state index is -4.52. The Morgan fingerprint density at radius 3 is 2.50 bits per heavy atom. The van der Waals surface area contributed by atoms with Gasteiger partial charge in [-0.25, -0.2) is 4.57 Å². The van der Waals surface area contributed by atoms with Crippen LogP contribution < -0.4 is 0 Å². The average Bonchev–Trinajstić information content (AvgIpc) is 3.11. The summed E-state index contributed by atoms with van der Waals surface area (Å²) in [5.74, 6) is 0.273. The van der Waals surface area contributed by atoms with Crippen molar-refractivity contribution in [3.8, 4) is 0 Å². The van der Waals surface area contributed by atoms with E-state index in [1.54, 1.807) is 0 Å². The number of phosphoric acid groups is 1. The van der Waals surface area contributed by atoms with Gasteiger partial charge in [0.1, 0.15) is 6.61 Å². The molecule has 212 valence electrons. The number of allylic oxidation sites excluding steroid dienone is 2.